The van der Waals surface area contributed by atoms with E-state index in [0.717, 1.165) is 13.1 Å². The molecule has 1 aromatic rings. The van der Waals surface area contributed by atoms with Crippen LogP contribution in [0.5, 0.6) is 0 Å². The number of imidazole rings is 1. The van der Waals surface area contributed by atoms with Gasteiger partial charge in [-0.2, -0.15) is 0 Å². The molecule has 17 heavy (non-hydrogen) atoms. The van der Waals surface area contributed by atoms with E-state index >= 15 is 0 Å². The van der Waals surface area contributed by atoms with Gasteiger partial charge in [0.2, 0.25) is 0 Å². The van der Waals surface area contributed by atoms with Crippen LogP contribution in [-0.4, -0.2) is 17.1 Å². The smallest absolute Gasteiger partial charge is 0.230 e. The van der Waals surface area contributed by atoms with Crippen LogP contribution in [0.1, 0.15) is 38.0 Å². The molecule has 0 atom stereocenters. The van der Waals surface area contributed by atoms with Gasteiger partial charge < -0.3 is 0 Å². The van der Waals surface area contributed by atoms with Gasteiger partial charge in [0, 0.05) is 13.8 Å². The first-order valence-electron chi connectivity index (χ1n) is 6.17. The highest BCUT2D eigenvalue weighted by Crippen LogP contribution is 2.42. The predicted octanol–water partition coefficient (Wildman–Crippen LogP) is 3.33. The third-order valence-corrected chi connectivity index (χ3v) is 6.59. The molecule has 98 valence electrons. The van der Waals surface area contributed by atoms with E-state index in [1.807, 2.05) is 23.5 Å². The molecule has 1 rings (SSSR count). The van der Waals surface area contributed by atoms with Crippen LogP contribution in [0.4, 0.5) is 0 Å². The zero-order valence-corrected chi connectivity index (χ0v) is 13.8. The van der Waals surface area contributed by atoms with E-state index < -0.39 is 0 Å². The lowest BCUT2D eigenvalue weighted by molar-refractivity contribution is -0.706. The molecule has 4 heteroatoms. The molecule has 0 aliphatic rings. The first-order valence-corrected chi connectivity index (χ1v) is 8.62. The van der Waals surface area contributed by atoms with Crippen molar-refractivity contribution >= 4 is 23.5 Å². The Morgan fingerprint density at radius 3 is 2.06 bits per heavy atom. The van der Waals surface area contributed by atoms with Crippen LogP contribution in [0.25, 0.3) is 0 Å². The van der Waals surface area contributed by atoms with Crippen molar-refractivity contribution in [2.45, 2.75) is 51.8 Å². The highest BCUT2D eigenvalue weighted by Gasteiger charge is 2.39. The van der Waals surface area contributed by atoms with Crippen LogP contribution >= 0.6 is 23.5 Å². The molecule has 0 fully saturated rings. The third kappa shape index (κ3) is 2.39. The molecule has 0 aromatic carbocycles. The minimum absolute atomic E-state index is 0.130. The van der Waals surface area contributed by atoms with Gasteiger partial charge >= 0.3 is 0 Å². The summed E-state index contributed by atoms with van der Waals surface area (Å²) in [5, 5.41) is 0. The van der Waals surface area contributed by atoms with Gasteiger partial charge in [-0.25, -0.2) is 9.13 Å². The summed E-state index contributed by atoms with van der Waals surface area (Å²) in [6.07, 6.45) is 4.41. The van der Waals surface area contributed by atoms with Crippen molar-refractivity contribution in [1.29, 1.82) is 0 Å². The fraction of sp³-hybridized carbons (Fsp3) is 0.769. The Labute approximate surface area is 114 Å². The van der Waals surface area contributed by atoms with Gasteiger partial charge in [0.1, 0.15) is 11.4 Å². The second kappa shape index (κ2) is 5.70. The molecule has 0 unspecified atom stereocenters. The number of hydrogen-bond acceptors (Lipinski definition) is 2. The molecule has 2 nitrogen and oxygen atoms in total. The zero-order chi connectivity index (χ0) is 13.2. The molecule has 1 aromatic heterocycles. The fourth-order valence-electron chi connectivity index (χ4n) is 2.38. The maximum absolute atomic E-state index is 2.46. The lowest BCUT2D eigenvalue weighted by Gasteiger charge is -2.22. The molecule has 0 aliphatic carbocycles. The fourth-order valence-corrected chi connectivity index (χ4v) is 3.86. The average molecular weight is 273 g/mol. The summed E-state index contributed by atoms with van der Waals surface area (Å²) >= 11 is 3.86. The minimum Gasteiger partial charge on any atom is -0.230 e. The predicted molar refractivity (Wildman–Crippen MR) is 79.8 cm³/mol. The molecule has 0 saturated heterocycles. The summed E-state index contributed by atoms with van der Waals surface area (Å²) in [5.74, 6) is 1.44. The molecule has 0 saturated carbocycles. The van der Waals surface area contributed by atoms with Gasteiger partial charge in [0.25, 0.3) is 5.82 Å². The summed E-state index contributed by atoms with van der Waals surface area (Å²) in [6, 6.07) is 0. The van der Waals surface area contributed by atoms with E-state index in [9.17, 15) is 0 Å². The molecular weight excluding hydrogens is 248 g/mol. The van der Waals surface area contributed by atoms with Crippen molar-refractivity contribution in [3.63, 3.8) is 0 Å². The van der Waals surface area contributed by atoms with E-state index in [-0.39, 0.29) is 4.08 Å². The van der Waals surface area contributed by atoms with Gasteiger partial charge in [0.15, 0.2) is 4.08 Å². The van der Waals surface area contributed by atoms with Crippen molar-refractivity contribution in [3.8, 4) is 0 Å². The van der Waals surface area contributed by atoms with Crippen molar-refractivity contribution in [2.75, 3.05) is 12.5 Å². The summed E-state index contributed by atoms with van der Waals surface area (Å²) < 4.78 is 5.06. The highest BCUT2D eigenvalue weighted by atomic mass is 32.2. The lowest BCUT2D eigenvalue weighted by atomic mass is 10.3. The molecule has 0 bridgehead atoms. The van der Waals surface area contributed by atoms with Gasteiger partial charge in [-0.3, -0.25) is 0 Å². The number of hydrogen-bond donors (Lipinski definition) is 0. The van der Waals surface area contributed by atoms with Gasteiger partial charge in [-0.15, -0.1) is 23.5 Å². The summed E-state index contributed by atoms with van der Waals surface area (Å²) in [5.41, 5.74) is 2.80. The molecule has 0 spiro atoms. The van der Waals surface area contributed by atoms with Crippen LogP contribution in [0, 0.1) is 13.8 Å². The number of rotatable bonds is 5. The van der Waals surface area contributed by atoms with Crippen molar-refractivity contribution in [2.24, 2.45) is 0 Å². The van der Waals surface area contributed by atoms with E-state index in [1.54, 1.807) is 0 Å². The minimum atomic E-state index is 0.130. The van der Waals surface area contributed by atoms with Crippen molar-refractivity contribution in [3.05, 3.63) is 17.2 Å². The van der Waals surface area contributed by atoms with Gasteiger partial charge in [-0.05, 0) is 33.3 Å². The van der Waals surface area contributed by atoms with E-state index in [4.69, 9.17) is 0 Å². The monoisotopic (exact) mass is 273 g/mol. The van der Waals surface area contributed by atoms with Crippen LogP contribution in [0.3, 0.4) is 0 Å². The topological polar surface area (TPSA) is 8.81 Å². The van der Waals surface area contributed by atoms with Crippen molar-refractivity contribution < 1.29 is 4.57 Å². The standard InChI is InChI=1S/C13H25N2S2/c1-8-14-10(3)11(4)15(9-2)12(14)13(5,16-6)17-7/h8-9H2,1-7H3/q+1. The van der Waals surface area contributed by atoms with Crippen LogP contribution in [-0.2, 0) is 17.2 Å². The highest BCUT2D eigenvalue weighted by molar-refractivity contribution is 8.16. The molecular formula is C13H25N2S2+. The number of aromatic nitrogens is 2. The largest absolute Gasteiger partial charge is 0.283 e. The summed E-state index contributed by atoms with van der Waals surface area (Å²) in [7, 11) is 0. The Hall–Kier alpha value is -0.0900. The Morgan fingerprint density at radius 2 is 1.71 bits per heavy atom. The Morgan fingerprint density at radius 1 is 1.18 bits per heavy atom. The first-order chi connectivity index (χ1) is 7.96. The lowest BCUT2D eigenvalue weighted by Crippen LogP contribution is -2.43. The van der Waals surface area contributed by atoms with Crippen LogP contribution in [0.15, 0.2) is 0 Å². The zero-order valence-electron chi connectivity index (χ0n) is 12.1. The number of thioether (sulfide) groups is 2. The maximum Gasteiger partial charge on any atom is 0.283 e. The molecule has 0 N–H and O–H groups in total. The summed E-state index contributed by atoms with van der Waals surface area (Å²) in [4.78, 5) is 0. The van der Waals surface area contributed by atoms with Gasteiger partial charge in [0.05, 0.1) is 13.1 Å². The Kier molecular flexibility index (Phi) is 5.02. The molecule has 0 aliphatic heterocycles. The first kappa shape index (κ1) is 15.0. The summed E-state index contributed by atoms with van der Waals surface area (Å²) in [6.45, 7) is 13.4. The van der Waals surface area contributed by atoms with E-state index in [2.05, 4.69) is 56.3 Å². The maximum atomic E-state index is 2.46. The van der Waals surface area contributed by atoms with E-state index in [1.165, 1.54) is 17.2 Å². The van der Waals surface area contributed by atoms with Crippen molar-refractivity contribution in [1.82, 2.24) is 4.57 Å². The van der Waals surface area contributed by atoms with Gasteiger partial charge in [-0.1, -0.05) is 0 Å². The second-order valence-electron chi connectivity index (χ2n) is 4.34. The molecule has 0 amide bonds. The molecule has 0 radical (unpaired) electrons. The Balaban J connectivity index is 3.54. The SMILES string of the molecule is CCn1c(C)c(C)[n+](CC)c1C(C)(SC)SC. The molecule has 1 heterocycles. The second-order valence-corrected chi connectivity index (χ2v) is 7.04. The quantitative estimate of drug-likeness (QED) is 0.601. The van der Waals surface area contributed by atoms with E-state index in [0.29, 0.717) is 0 Å². The van der Waals surface area contributed by atoms with Crippen LogP contribution in [0.2, 0.25) is 0 Å². The Bertz CT molecular complexity index is 365. The number of nitrogens with zero attached hydrogens (tertiary/aromatic N) is 2. The third-order valence-electron chi connectivity index (χ3n) is 3.66. The normalized spacial score (nSPS) is 12.2. The van der Waals surface area contributed by atoms with Crippen LogP contribution < -0.4 is 4.57 Å². The average Bonchev–Trinajstić information content (AvgIpc) is 2.61.